The van der Waals surface area contributed by atoms with E-state index >= 15 is 0 Å². The molecule has 0 bridgehead atoms. The number of imidazole rings is 1. The van der Waals surface area contributed by atoms with E-state index in [1.54, 1.807) is 0 Å². The van der Waals surface area contributed by atoms with E-state index in [-0.39, 0.29) is 15.9 Å². The molecule has 2 aromatic carbocycles. The van der Waals surface area contributed by atoms with Crippen LogP contribution in [-0.2, 0) is 0 Å². The van der Waals surface area contributed by atoms with Gasteiger partial charge < -0.3 is 10.3 Å². The Labute approximate surface area is 190 Å². The van der Waals surface area contributed by atoms with Gasteiger partial charge in [-0.3, -0.25) is 9.36 Å². The molecule has 8 nitrogen and oxygen atoms in total. The molecule has 0 aliphatic heterocycles. The molecule has 0 saturated heterocycles. The largest absolute Gasteiger partial charge is 0.358 e. The Morgan fingerprint density at radius 3 is 2.67 bits per heavy atom. The molecule has 0 amide bonds. The first-order chi connectivity index (χ1) is 16.0. The summed E-state index contributed by atoms with van der Waals surface area (Å²) in [4.78, 5) is 33.8. The highest BCUT2D eigenvalue weighted by molar-refractivity contribution is 6.35. The van der Waals surface area contributed by atoms with Crippen LogP contribution in [0.5, 0.6) is 0 Å². The summed E-state index contributed by atoms with van der Waals surface area (Å²) in [6, 6.07) is 7.42. The summed E-state index contributed by atoms with van der Waals surface area (Å²) in [5, 5.41) is 2.90. The number of benzene rings is 2. The molecule has 5 rings (SSSR count). The number of hydrogen-bond donors (Lipinski definition) is 2. The van der Waals surface area contributed by atoms with Crippen molar-refractivity contribution >= 4 is 39.5 Å². The molecule has 2 N–H and O–H groups in total. The molecule has 3 heterocycles. The standard InChI is InChI=1S/C22H16ClF2N7O/c1-2-14(30-20-18-19(27-9-26-18)28-10-29-20)21-31-15-8-7-13(25)17(23)16(15)22(33)32(21)12-5-3-11(24)4-6-12/h3-10,14H,2H2,1H3,(H2,26,27,28,29,30)/t14-/m1/s1. The normalized spacial score (nSPS) is 12.4. The topological polar surface area (TPSA) is 101 Å². The maximum atomic E-state index is 14.2. The summed E-state index contributed by atoms with van der Waals surface area (Å²) < 4.78 is 29.0. The number of halogens is 3. The first-order valence-electron chi connectivity index (χ1n) is 10.0. The van der Waals surface area contributed by atoms with Gasteiger partial charge in [0.15, 0.2) is 11.5 Å². The quantitative estimate of drug-likeness (QED) is 0.393. The van der Waals surface area contributed by atoms with Crippen LogP contribution < -0.4 is 10.9 Å². The van der Waals surface area contributed by atoms with E-state index in [9.17, 15) is 13.6 Å². The molecule has 0 saturated carbocycles. The number of hydrogen-bond acceptors (Lipinski definition) is 6. The van der Waals surface area contributed by atoms with Crippen molar-refractivity contribution in [3.8, 4) is 5.69 Å². The first kappa shape index (κ1) is 21.0. The van der Waals surface area contributed by atoms with Crippen molar-refractivity contribution in [1.29, 1.82) is 0 Å². The van der Waals surface area contributed by atoms with Gasteiger partial charge in [-0.2, -0.15) is 0 Å². The van der Waals surface area contributed by atoms with E-state index in [1.165, 1.54) is 47.6 Å². The van der Waals surface area contributed by atoms with Gasteiger partial charge in [-0.25, -0.2) is 28.7 Å². The van der Waals surface area contributed by atoms with Gasteiger partial charge in [0.2, 0.25) is 0 Å². The molecule has 166 valence electrons. The summed E-state index contributed by atoms with van der Waals surface area (Å²) >= 11 is 6.13. The fourth-order valence-corrected chi connectivity index (χ4v) is 3.92. The van der Waals surface area contributed by atoms with Gasteiger partial charge in [0, 0.05) is 0 Å². The third kappa shape index (κ3) is 3.58. The van der Waals surface area contributed by atoms with Gasteiger partial charge in [0.1, 0.15) is 29.3 Å². The van der Waals surface area contributed by atoms with Gasteiger partial charge in [-0.15, -0.1) is 0 Å². The summed E-state index contributed by atoms with van der Waals surface area (Å²) in [5.41, 5.74) is 1.11. The predicted octanol–water partition coefficient (Wildman–Crippen LogP) is 4.55. The van der Waals surface area contributed by atoms with E-state index in [1.807, 2.05) is 6.92 Å². The third-order valence-electron chi connectivity index (χ3n) is 5.29. The lowest BCUT2D eigenvalue weighted by atomic mass is 10.1. The van der Waals surface area contributed by atoms with E-state index < -0.39 is 23.2 Å². The molecule has 3 aromatic heterocycles. The summed E-state index contributed by atoms with van der Waals surface area (Å²) in [7, 11) is 0. The van der Waals surface area contributed by atoms with Crippen LogP contribution in [0.2, 0.25) is 5.02 Å². The molecule has 5 aromatic rings. The average molecular weight is 468 g/mol. The molecule has 0 aliphatic carbocycles. The van der Waals surface area contributed by atoms with Crippen molar-refractivity contribution in [3.63, 3.8) is 0 Å². The fourth-order valence-electron chi connectivity index (χ4n) is 3.68. The Hall–Kier alpha value is -3.92. The highest BCUT2D eigenvalue weighted by Crippen LogP contribution is 2.28. The molecule has 0 spiro atoms. The molecule has 0 unspecified atom stereocenters. The molecule has 0 radical (unpaired) electrons. The van der Waals surface area contributed by atoms with Crippen molar-refractivity contribution in [2.75, 3.05) is 5.32 Å². The van der Waals surface area contributed by atoms with E-state index in [4.69, 9.17) is 11.6 Å². The molecule has 11 heteroatoms. The van der Waals surface area contributed by atoms with Gasteiger partial charge in [0.25, 0.3) is 5.56 Å². The van der Waals surface area contributed by atoms with Gasteiger partial charge in [0.05, 0.1) is 34.0 Å². The highest BCUT2D eigenvalue weighted by Gasteiger charge is 2.23. The minimum Gasteiger partial charge on any atom is -0.358 e. The van der Waals surface area contributed by atoms with Crippen LogP contribution in [0.3, 0.4) is 0 Å². The maximum Gasteiger partial charge on any atom is 0.267 e. The highest BCUT2D eigenvalue weighted by atomic mass is 35.5. The zero-order valence-corrected chi connectivity index (χ0v) is 17.9. The summed E-state index contributed by atoms with van der Waals surface area (Å²) in [5.74, 6) is -0.413. The molecule has 0 fully saturated rings. The summed E-state index contributed by atoms with van der Waals surface area (Å²) in [6.45, 7) is 1.91. The zero-order valence-electron chi connectivity index (χ0n) is 17.2. The lowest BCUT2D eigenvalue weighted by Crippen LogP contribution is -2.28. The molecular weight excluding hydrogens is 452 g/mol. The maximum absolute atomic E-state index is 14.2. The number of aromatic amines is 1. The number of nitrogens with zero attached hydrogens (tertiary/aromatic N) is 5. The zero-order chi connectivity index (χ0) is 23.1. The Morgan fingerprint density at radius 2 is 1.91 bits per heavy atom. The Kier molecular flexibility index (Phi) is 5.21. The second-order valence-electron chi connectivity index (χ2n) is 7.27. The first-order valence-corrected chi connectivity index (χ1v) is 10.4. The van der Waals surface area contributed by atoms with Gasteiger partial charge >= 0.3 is 0 Å². The summed E-state index contributed by atoms with van der Waals surface area (Å²) in [6.07, 6.45) is 3.40. The number of anilines is 1. The molecular formula is C22H16ClF2N7O. The van der Waals surface area contributed by atoms with E-state index in [0.717, 1.165) is 6.07 Å². The monoisotopic (exact) mass is 467 g/mol. The minimum atomic E-state index is -0.728. The lowest BCUT2D eigenvalue weighted by Gasteiger charge is -2.22. The van der Waals surface area contributed by atoms with Gasteiger partial charge in [-0.05, 0) is 42.8 Å². The fraction of sp³-hybridized carbons (Fsp3) is 0.136. The number of rotatable bonds is 5. The minimum absolute atomic E-state index is 0.0590. The van der Waals surface area contributed by atoms with Crippen molar-refractivity contribution in [2.45, 2.75) is 19.4 Å². The number of fused-ring (bicyclic) bond motifs is 2. The number of H-pyrrole nitrogens is 1. The van der Waals surface area contributed by atoms with Crippen LogP contribution in [0.15, 0.2) is 53.8 Å². The van der Waals surface area contributed by atoms with E-state index in [2.05, 4.69) is 30.2 Å². The SMILES string of the molecule is CC[C@@H](Nc1ncnc2[nH]cnc12)c1nc2ccc(F)c(Cl)c2c(=O)n1-c1ccc(F)cc1. The van der Waals surface area contributed by atoms with Gasteiger partial charge in [-0.1, -0.05) is 18.5 Å². The third-order valence-corrected chi connectivity index (χ3v) is 5.66. The van der Waals surface area contributed by atoms with Crippen LogP contribution in [-0.4, -0.2) is 29.5 Å². The van der Waals surface area contributed by atoms with Crippen molar-refractivity contribution in [3.05, 3.63) is 81.9 Å². The average Bonchev–Trinajstić information content (AvgIpc) is 3.30. The molecule has 33 heavy (non-hydrogen) atoms. The Bertz CT molecular complexity index is 1550. The smallest absolute Gasteiger partial charge is 0.267 e. The van der Waals surface area contributed by atoms with Crippen LogP contribution >= 0.6 is 11.6 Å². The van der Waals surface area contributed by atoms with Crippen LogP contribution in [0, 0.1) is 11.6 Å². The predicted molar refractivity (Wildman–Crippen MR) is 121 cm³/mol. The van der Waals surface area contributed by atoms with Crippen LogP contribution in [0.25, 0.3) is 27.8 Å². The van der Waals surface area contributed by atoms with Crippen LogP contribution in [0.1, 0.15) is 25.2 Å². The second kappa shape index (κ2) is 8.21. The lowest BCUT2D eigenvalue weighted by molar-refractivity contribution is 0.624. The number of aromatic nitrogens is 6. The van der Waals surface area contributed by atoms with E-state index in [0.29, 0.717) is 34.9 Å². The van der Waals surface area contributed by atoms with Crippen molar-refractivity contribution in [2.24, 2.45) is 0 Å². The Balaban J connectivity index is 1.75. The molecule has 0 aliphatic rings. The van der Waals surface area contributed by atoms with Crippen molar-refractivity contribution in [1.82, 2.24) is 29.5 Å². The second-order valence-corrected chi connectivity index (χ2v) is 7.65. The molecule has 1 atom stereocenters. The Morgan fingerprint density at radius 1 is 1.12 bits per heavy atom. The van der Waals surface area contributed by atoms with Crippen molar-refractivity contribution < 1.29 is 8.78 Å². The number of nitrogens with one attached hydrogen (secondary N) is 2. The van der Waals surface area contributed by atoms with Crippen LogP contribution in [0.4, 0.5) is 14.6 Å².